The molecule has 1 aromatic carbocycles. The first-order valence-corrected chi connectivity index (χ1v) is 10.4. The van der Waals surface area contributed by atoms with Crippen LogP contribution in [0, 0.1) is 0 Å². The van der Waals surface area contributed by atoms with E-state index in [2.05, 4.69) is 22.4 Å². The summed E-state index contributed by atoms with van der Waals surface area (Å²) in [5.74, 6) is -0.216. The van der Waals surface area contributed by atoms with Crippen LogP contribution in [0.3, 0.4) is 0 Å². The Balaban J connectivity index is 1.22. The standard InChI is InChI=1S/C23H24N4O3/c1-15-19-7-6-18(14-20(19)25-24-15)16-2-4-17(5-3-16)21(28)26-10-12-27(13-11-26)22(29)23(30)8-9-23/h2-7,30H,8-14H2,1H3. The van der Waals surface area contributed by atoms with Crippen molar-refractivity contribution >= 4 is 28.8 Å². The van der Waals surface area contributed by atoms with E-state index in [0.29, 0.717) is 44.6 Å². The van der Waals surface area contributed by atoms with Gasteiger partial charge in [-0.1, -0.05) is 24.3 Å². The second-order valence-electron chi connectivity index (χ2n) is 8.37. The SMILES string of the molecule is CC1=NN=C2CC(c3ccc(C(=O)N4CCN(C(=O)C5(O)CC5)CC4)cc3)=CC=C12. The highest BCUT2D eigenvalue weighted by Crippen LogP contribution is 2.37. The summed E-state index contributed by atoms with van der Waals surface area (Å²) in [7, 11) is 0. The highest BCUT2D eigenvalue weighted by atomic mass is 16.3. The number of benzene rings is 1. The number of allylic oxidation sites excluding steroid dienone is 4. The van der Waals surface area contributed by atoms with E-state index in [-0.39, 0.29) is 11.8 Å². The van der Waals surface area contributed by atoms with Crippen molar-refractivity contribution in [3.05, 3.63) is 53.1 Å². The maximum atomic E-state index is 12.9. The lowest BCUT2D eigenvalue weighted by Gasteiger charge is -2.35. The van der Waals surface area contributed by atoms with E-state index < -0.39 is 5.60 Å². The molecule has 2 aliphatic heterocycles. The largest absolute Gasteiger partial charge is 0.380 e. The fraction of sp³-hybridized carbons (Fsp3) is 0.391. The van der Waals surface area contributed by atoms with Crippen molar-refractivity contribution in [2.75, 3.05) is 26.2 Å². The predicted molar refractivity (Wildman–Crippen MR) is 114 cm³/mol. The number of carbonyl (C=O) groups excluding carboxylic acids is 2. The number of piperazine rings is 1. The average Bonchev–Trinajstić information content (AvgIpc) is 3.44. The minimum Gasteiger partial charge on any atom is -0.380 e. The van der Waals surface area contributed by atoms with Crippen LogP contribution in [0.1, 0.15) is 42.1 Å². The van der Waals surface area contributed by atoms with Gasteiger partial charge in [0.25, 0.3) is 11.8 Å². The number of hydrogen-bond acceptors (Lipinski definition) is 5. The molecule has 2 fully saturated rings. The fourth-order valence-electron chi connectivity index (χ4n) is 4.17. The number of rotatable bonds is 3. The van der Waals surface area contributed by atoms with Crippen LogP contribution < -0.4 is 0 Å². The van der Waals surface area contributed by atoms with Gasteiger partial charge in [-0.15, -0.1) is 0 Å². The first kappa shape index (κ1) is 18.9. The van der Waals surface area contributed by atoms with Crippen LogP contribution in [0.5, 0.6) is 0 Å². The second-order valence-corrected chi connectivity index (χ2v) is 8.37. The predicted octanol–water partition coefficient (Wildman–Crippen LogP) is 2.04. The molecule has 0 spiro atoms. The van der Waals surface area contributed by atoms with Gasteiger partial charge >= 0.3 is 0 Å². The Hall–Kier alpha value is -3.06. The Labute approximate surface area is 175 Å². The van der Waals surface area contributed by atoms with Crippen LogP contribution in [0.15, 0.2) is 52.2 Å². The van der Waals surface area contributed by atoms with Crippen molar-refractivity contribution in [1.29, 1.82) is 0 Å². The smallest absolute Gasteiger partial charge is 0.254 e. The summed E-state index contributed by atoms with van der Waals surface area (Å²) < 4.78 is 0. The van der Waals surface area contributed by atoms with E-state index in [0.717, 1.165) is 34.6 Å². The van der Waals surface area contributed by atoms with Crippen LogP contribution in [0.4, 0.5) is 0 Å². The first-order chi connectivity index (χ1) is 14.4. The summed E-state index contributed by atoms with van der Waals surface area (Å²) in [4.78, 5) is 28.6. The Morgan fingerprint density at radius 2 is 1.63 bits per heavy atom. The molecule has 5 rings (SSSR count). The minimum absolute atomic E-state index is 0.0252. The molecule has 1 N–H and O–H groups in total. The van der Waals surface area contributed by atoms with Crippen molar-refractivity contribution in [3.63, 3.8) is 0 Å². The van der Waals surface area contributed by atoms with Crippen LogP contribution in [-0.2, 0) is 4.79 Å². The zero-order valence-corrected chi connectivity index (χ0v) is 17.0. The molecule has 30 heavy (non-hydrogen) atoms. The molecule has 154 valence electrons. The highest BCUT2D eigenvalue weighted by molar-refractivity contribution is 6.28. The van der Waals surface area contributed by atoms with Gasteiger partial charge in [0.2, 0.25) is 0 Å². The van der Waals surface area contributed by atoms with Gasteiger partial charge in [-0.25, -0.2) is 0 Å². The fourth-order valence-corrected chi connectivity index (χ4v) is 4.17. The first-order valence-electron chi connectivity index (χ1n) is 10.4. The van der Waals surface area contributed by atoms with Crippen molar-refractivity contribution in [2.45, 2.75) is 31.8 Å². The normalized spacial score (nSPS) is 21.9. The van der Waals surface area contributed by atoms with Crippen molar-refractivity contribution < 1.29 is 14.7 Å². The van der Waals surface area contributed by atoms with Gasteiger partial charge in [0.05, 0.1) is 11.4 Å². The molecule has 1 saturated heterocycles. The topological polar surface area (TPSA) is 85.6 Å². The lowest BCUT2D eigenvalue weighted by Crippen LogP contribution is -2.53. The van der Waals surface area contributed by atoms with Gasteiger partial charge < -0.3 is 14.9 Å². The van der Waals surface area contributed by atoms with E-state index in [1.165, 1.54) is 0 Å². The molecule has 0 aromatic heterocycles. The molecule has 1 saturated carbocycles. The van der Waals surface area contributed by atoms with Crippen molar-refractivity contribution in [3.8, 4) is 0 Å². The number of fused-ring (bicyclic) bond motifs is 1. The van der Waals surface area contributed by atoms with Crippen molar-refractivity contribution in [1.82, 2.24) is 9.80 Å². The quantitative estimate of drug-likeness (QED) is 0.837. The number of nitrogens with zero attached hydrogens (tertiary/aromatic N) is 4. The second kappa shape index (κ2) is 7.02. The van der Waals surface area contributed by atoms with Crippen LogP contribution in [-0.4, -0.2) is 69.9 Å². The molecule has 0 radical (unpaired) electrons. The summed E-state index contributed by atoms with van der Waals surface area (Å²) in [5, 5.41) is 18.4. The third-order valence-electron chi connectivity index (χ3n) is 6.31. The number of hydrogen-bond donors (Lipinski definition) is 1. The summed E-state index contributed by atoms with van der Waals surface area (Å²) >= 11 is 0. The number of amides is 2. The number of aliphatic hydroxyl groups is 1. The van der Waals surface area contributed by atoms with Gasteiger partial charge in [0, 0.05) is 43.7 Å². The molecule has 0 bridgehead atoms. The van der Waals surface area contributed by atoms with Gasteiger partial charge in [0.15, 0.2) is 0 Å². The summed E-state index contributed by atoms with van der Waals surface area (Å²) in [5.41, 5.74) is 4.79. The molecule has 2 amide bonds. The molecule has 7 nitrogen and oxygen atoms in total. The maximum absolute atomic E-state index is 12.9. The summed E-state index contributed by atoms with van der Waals surface area (Å²) in [6.45, 7) is 3.87. The molecule has 1 aromatic rings. The Morgan fingerprint density at radius 1 is 0.967 bits per heavy atom. The molecule has 0 atom stereocenters. The Morgan fingerprint density at radius 3 is 2.30 bits per heavy atom. The van der Waals surface area contributed by atoms with Gasteiger partial charge in [-0.05, 0) is 43.0 Å². The monoisotopic (exact) mass is 404 g/mol. The Bertz CT molecular complexity index is 1040. The molecule has 7 heteroatoms. The van der Waals surface area contributed by atoms with Crippen LogP contribution >= 0.6 is 0 Å². The van der Waals surface area contributed by atoms with E-state index >= 15 is 0 Å². The van der Waals surface area contributed by atoms with Gasteiger partial charge in [0.1, 0.15) is 5.60 Å². The van der Waals surface area contributed by atoms with Gasteiger partial charge in [-0.2, -0.15) is 10.2 Å². The minimum atomic E-state index is -1.14. The lowest BCUT2D eigenvalue weighted by atomic mass is 9.90. The maximum Gasteiger partial charge on any atom is 0.254 e. The molecular weight excluding hydrogens is 380 g/mol. The summed E-state index contributed by atoms with van der Waals surface area (Å²) in [6, 6.07) is 7.67. The van der Waals surface area contributed by atoms with Crippen LogP contribution in [0.2, 0.25) is 0 Å². The van der Waals surface area contributed by atoms with E-state index in [9.17, 15) is 14.7 Å². The van der Waals surface area contributed by atoms with E-state index in [1.54, 1.807) is 9.80 Å². The molecule has 2 heterocycles. The number of carbonyl (C=O) groups is 2. The average molecular weight is 404 g/mol. The van der Waals surface area contributed by atoms with Gasteiger partial charge in [-0.3, -0.25) is 9.59 Å². The molecular formula is C23H24N4O3. The summed E-state index contributed by atoms with van der Waals surface area (Å²) in [6.07, 6.45) is 5.99. The highest BCUT2D eigenvalue weighted by Gasteiger charge is 2.50. The third kappa shape index (κ3) is 3.29. The lowest BCUT2D eigenvalue weighted by molar-refractivity contribution is -0.143. The van der Waals surface area contributed by atoms with Crippen molar-refractivity contribution in [2.24, 2.45) is 10.2 Å². The zero-order chi connectivity index (χ0) is 20.9. The van der Waals surface area contributed by atoms with E-state index in [4.69, 9.17) is 0 Å². The van der Waals surface area contributed by atoms with E-state index in [1.807, 2.05) is 31.2 Å². The Kier molecular flexibility index (Phi) is 4.43. The molecule has 2 aliphatic carbocycles. The zero-order valence-electron chi connectivity index (χ0n) is 17.0. The molecule has 0 unspecified atom stereocenters. The molecule has 4 aliphatic rings. The van der Waals surface area contributed by atoms with Crippen LogP contribution in [0.25, 0.3) is 5.57 Å². The third-order valence-corrected chi connectivity index (χ3v) is 6.31.